The first-order valence-electron chi connectivity index (χ1n) is 7.63. The third kappa shape index (κ3) is 3.06. The summed E-state index contributed by atoms with van der Waals surface area (Å²) in [5.41, 5.74) is -0.0405. The molecule has 0 N–H and O–H groups in total. The topological polar surface area (TPSA) is 72.9 Å². The molecule has 124 valence electrons. The number of esters is 1. The Bertz CT molecular complexity index is 627. The largest absolute Gasteiger partial charge is 0.469 e. The monoisotopic (exact) mass is 319 g/mol. The summed E-state index contributed by atoms with van der Waals surface area (Å²) in [7, 11) is 1.27. The Balaban J connectivity index is 2.34. The number of amides is 2. The number of benzene rings is 1. The fourth-order valence-corrected chi connectivity index (χ4v) is 2.69. The molecular weight excluding hydrogens is 298 g/mol. The van der Waals surface area contributed by atoms with Gasteiger partial charge in [0.1, 0.15) is 0 Å². The molecule has 1 aliphatic heterocycles. The van der Waals surface area contributed by atoms with Gasteiger partial charge in [0.05, 0.1) is 31.2 Å². The average molecular weight is 319 g/mol. The summed E-state index contributed by atoms with van der Waals surface area (Å²) in [6.45, 7) is 3.89. The number of imide groups is 1. The summed E-state index contributed by atoms with van der Waals surface area (Å²) < 4.78 is 9.86. The van der Waals surface area contributed by atoms with Gasteiger partial charge < -0.3 is 9.47 Å². The smallest absolute Gasteiger partial charge is 0.421 e. The number of carbonyl (C=O) groups excluding carboxylic acids is 3. The van der Waals surface area contributed by atoms with Crippen molar-refractivity contribution in [3.63, 3.8) is 0 Å². The number of para-hydroxylation sites is 1. The third-order valence-electron chi connectivity index (χ3n) is 4.05. The molecule has 0 aliphatic carbocycles. The highest BCUT2D eigenvalue weighted by molar-refractivity contribution is 6.21. The summed E-state index contributed by atoms with van der Waals surface area (Å²) in [6.07, 6.45) is 0.787. The number of hydrogen-bond donors (Lipinski definition) is 0. The van der Waals surface area contributed by atoms with E-state index in [2.05, 4.69) is 0 Å². The Morgan fingerprint density at radius 1 is 1.26 bits per heavy atom. The van der Waals surface area contributed by atoms with Gasteiger partial charge in [-0.3, -0.25) is 9.59 Å². The van der Waals surface area contributed by atoms with E-state index in [0.717, 1.165) is 17.7 Å². The molecule has 6 nitrogen and oxygen atoms in total. The number of unbranched alkanes of at least 4 members (excludes halogenated alkanes) is 1. The Hall–Kier alpha value is -2.37. The Labute approximate surface area is 135 Å². The maximum atomic E-state index is 12.8. The Kier molecular flexibility index (Phi) is 5.03. The van der Waals surface area contributed by atoms with E-state index >= 15 is 0 Å². The second-order valence-electron chi connectivity index (χ2n) is 5.71. The van der Waals surface area contributed by atoms with E-state index in [4.69, 9.17) is 9.47 Å². The fourth-order valence-electron chi connectivity index (χ4n) is 2.69. The lowest BCUT2D eigenvalue weighted by molar-refractivity contribution is -0.144. The maximum Gasteiger partial charge on any atom is 0.421 e. The molecule has 0 spiro atoms. The molecule has 23 heavy (non-hydrogen) atoms. The van der Waals surface area contributed by atoms with Crippen LogP contribution in [-0.2, 0) is 24.5 Å². The standard InChI is InChI=1S/C17H21NO5/c1-4-5-10-23-16(21)18-13-9-7-6-8-12(13)17(2,15(18)20)11-14(19)22-3/h6-9H,4-5,10-11H2,1-3H3. The summed E-state index contributed by atoms with van der Waals surface area (Å²) in [6, 6.07) is 6.93. The van der Waals surface area contributed by atoms with Crippen molar-refractivity contribution in [2.75, 3.05) is 18.6 Å². The highest BCUT2D eigenvalue weighted by atomic mass is 16.6. The highest BCUT2D eigenvalue weighted by Crippen LogP contribution is 2.44. The number of hydrogen-bond acceptors (Lipinski definition) is 5. The van der Waals surface area contributed by atoms with E-state index in [0.29, 0.717) is 11.3 Å². The van der Waals surface area contributed by atoms with Crippen LogP contribution in [0.15, 0.2) is 24.3 Å². The van der Waals surface area contributed by atoms with Crippen LogP contribution in [0, 0.1) is 0 Å². The molecule has 1 atom stereocenters. The molecule has 1 unspecified atom stereocenters. The summed E-state index contributed by atoms with van der Waals surface area (Å²) >= 11 is 0. The second kappa shape index (κ2) is 6.81. The van der Waals surface area contributed by atoms with E-state index in [1.807, 2.05) is 6.92 Å². The lowest BCUT2D eigenvalue weighted by Crippen LogP contribution is -2.43. The van der Waals surface area contributed by atoms with Crippen LogP contribution in [0.5, 0.6) is 0 Å². The quantitative estimate of drug-likeness (QED) is 0.616. The molecule has 1 aliphatic rings. The molecule has 0 aromatic heterocycles. The van der Waals surface area contributed by atoms with Crippen LogP contribution in [0.3, 0.4) is 0 Å². The van der Waals surface area contributed by atoms with Crippen LogP contribution < -0.4 is 4.90 Å². The molecule has 1 aromatic rings. The molecule has 0 bridgehead atoms. The molecule has 1 aromatic carbocycles. The zero-order valence-corrected chi connectivity index (χ0v) is 13.6. The number of fused-ring (bicyclic) bond motifs is 1. The molecular formula is C17H21NO5. The van der Waals surface area contributed by atoms with Gasteiger partial charge in [0, 0.05) is 0 Å². The number of nitrogens with zero attached hydrogens (tertiary/aromatic N) is 1. The lowest BCUT2D eigenvalue weighted by Gasteiger charge is -2.22. The number of rotatable bonds is 5. The zero-order valence-electron chi connectivity index (χ0n) is 13.6. The van der Waals surface area contributed by atoms with Crippen molar-refractivity contribution in [3.8, 4) is 0 Å². The van der Waals surface area contributed by atoms with Gasteiger partial charge in [0.2, 0.25) is 5.91 Å². The summed E-state index contributed by atoms with van der Waals surface area (Å²) in [5, 5.41) is 0. The van der Waals surface area contributed by atoms with Gasteiger partial charge in [0.25, 0.3) is 0 Å². The predicted octanol–water partition coefficient (Wildman–Crippen LogP) is 2.79. The molecule has 2 rings (SSSR count). The highest BCUT2D eigenvalue weighted by Gasteiger charge is 2.51. The average Bonchev–Trinajstić information content (AvgIpc) is 2.76. The van der Waals surface area contributed by atoms with Crippen molar-refractivity contribution < 1.29 is 23.9 Å². The minimum atomic E-state index is -1.13. The normalized spacial score (nSPS) is 19.4. The number of methoxy groups -OCH3 is 1. The van der Waals surface area contributed by atoms with Gasteiger partial charge in [-0.2, -0.15) is 0 Å². The third-order valence-corrected chi connectivity index (χ3v) is 4.05. The van der Waals surface area contributed by atoms with Gasteiger partial charge in [0.15, 0.2) is 0 Å². The molecule has 2 amide bonds. The molecule has 0 saturated heterocycles. The minimum Gasteiger partial charge on any atom is -0.469 e. The Morgan fingerprint density at radius 3 is 2.61 bits per heavy atom. The van der Waals surface area contributed by atoms with E-state index in [-0.39, 0.29) is 13.0 Å². The Morgan fingerprint density at radius 2 is 1.96 bits per heavy atom. The summed E-state index contributed by atoms with van der Waals surface area (Å²) in [5.74, 6) is -0.970. The minimum absolute atomic E-state index is 0.127. The second-order valence-corrected chi connectivity index (χ2v) is 5.71. The number of carbonyl (C=O) groups is 3. The van der Waals surface area contributed by atoms with Crippen LogP contribution in [0.4, 0.5) is 10.5 Å². The van der Waals surface area contributed by atoms with E-state index in [1.165, 1.54) is 7.11 Å². The van der Waals surface area contributed by atoms with Crippen LogP contribution in [-0.4, -0.2) is 31.7 Å². The van der Waals surface area contributed by atoms with Crippen molar-refractivity contribution in [1.29, 1.82) is 0 Å². The van der Waals surface area contributed by atoms with Crippen molar-refractivity contribution in [3.05, 3.63) is 29.8 Å². The van der Waals surface area contributed by atoms with E-state index < -0.39 is 23.4 Å². The fraction of sp³-hybridized carbons (Fsp3) is 0.471. The van der Waals surface area contributed by atoms with Gasteiger partial charge in [-0.05, 0) is 25.0 Å². The molecule has 0 fully saturated rings. The first kappa shape index (κ1) is 17.0. The van der Waals surface area contributed by atoms with Crippen molar-refractivity contribution in [1.82, 2.24) is 0 Å². The molecule has 1 heterocycles. The first-order chi connectivity index (χ1) is 11.0. The van der Waals surface area contributed by atoms with Gasteiger partial charge in [-0.25, -0.2) is 9.69 Å². The van der Waals surface area contributed by atoms with Crippen molar-refractivity contribution in [2.45, 2.75) is 38.5 Å². The molecule has 0 radical (unpaired) electrons. The van der Waals surface area contributed by atoms with Crippen molar-refractivity contribution >= 4 is 23.7 Å². The predicted molar refractivity (Wildman–Crippen MR) is 84.2 cm³/mol. The molecule has 6 heteroatoms. The van der Waals surface area contributed by atoms with Crippen LogP contribution in [0.1, 0.15) is 38.7 Å². The first-order valence-corrected chi connectivity index (χ1v) is 7.63. The molecule has 0 saturated carbocycles. The van der Waals surface area contributed by atoms with Gasteiger partial charge in [-0.15, -0.1) is 0 Å². The summed E-state index contributed by atoms with van der Waals surface area (Å²) in [4.78, 5) is 37.9. The number of anilines is 1. The SMILES string of the molecule is CCCCOC(=O)N1C(=O)C(C)(CC(=O)OC)c2ccccc21. The van der Waals surface area contributed by atoms with Crippen LogP contribution >= 0.6 is 0 Å². The van der Waals surface area contributed by atoms with E-state index in [1.54, 1.807) is 31.2 Å². The van der Waals surface area contributed by atoms with Crippen molar-refractivity contribution in [2.24, 2.45) is 0 Å². The lowest BCUT2D eigenvalue weighted by atomic mass is 9.81. The van der Waals surface area contributed by atoms with E-state index in [9.17, 15) is 14.4 Å². The number of ether oxygens (including phenoxy) is 2. The zero-order chi connectivity index (χ0) is 17.0. The van der Waals surface area contributed by atoms with Crippen LogP contribution in [0.2, 0.25) is 0 Å². The van der Waals surface area contributed by atoms with Gasteiger partial charge in [-0.1, -0.05) is 31.5 Å². The van der Waals surface area contributed by atoms with Crippen LogP contribution in [0.25, 0.3) is 0 Å². The van der Waals surface area contributed by atoms with Gasteiger partial charge >= 0.3 is 12.1 Å². The maximum absolute atomic E-state index is 12.8.